The molecular formula is C52H22N4O9. The van der Waals surface area contributed by atoms with Crippen LogP contribution in [-0.4, -0.2) is 63.2 Å². The third-order valence-corrected chi connectivity index (χ3v) is 14.3. The van der Waals surface area contributed by atoms with Gasteiger partial charge in [-0.25, -0.2) is 29.1 Å². The third kappa shape index (κ3) is 3.71. The van der Waals surface area contributed by atoms with Crippen molar-refractivity contribution in [2.45, 2.75) is 6.54 Å². The van der Waals surface area contributed by atoms with Gasteiger partial charge in [-0.2, -0.15) is 0 Å². The van der Waals surface area contributed by atoms with Crippen LogP contribution in [0, 0.1) is 0 Å². The van der Waals surface area contributed by atoms with E-state index in [0.29, 0.717) is 105 Å². The van der Waals surface area contributed by atoms with E-state index in [-0.39, 0.29) is 49.2 Å². The Morgan fingerprint density at radius 2 is 0.908 bits per heavy atom. The molecule has 0 saturated carbocycles. The topological polar surface area (TPSA) is 201 Å². The molecule has 1 aliphatic rings. The van der Waals surface area contributed by atoms with Crippen LogP contribution in [0.4, 0.5) is 0 Å². The number of carbonyl (C=O) groups is 4. The van der Waals surface area contributed by atoms with Crippen molar-refractivity contribution in [2.75, 3.05) is 0 Å². The van der Waals surface area contributed by atoms with Crippen LogP contribution in [-0.2, 0) is 6.54 Å². The number of rotatable bonds is 4. The Hall–Kier alpha value is -9.23. The number of fused-ring (bicyclic) bond motifs is 14. The second kappa shape index (κ2) is 10.9. The van der Waals surface area contributed by atoms with E-state index in [0.717, 1.165) is 16.5 Å². The molecule has 0 unspecified atom stereocenters. The van der Waals surface area contributed by atoms with E-state index < -0.39 is 29.4 Å². The number of imidazole rings is 2. The van der Waals surface area contributed by atoms with Crippen LogP contribution in [0.3, 0.4) is 0 Å². The number of aromatic carboxylic acids is 4. The Kier molecular flexibility index (Phi) is 5.74. The number of carboxylic acids is 4. The highest BCUT2D eigenvalue weighted by Gasteiger charge is 2.35. The first-order valence-corrected chi connectivity index (χ1v) is 20.6. The zero-order chi connectivity index (χ0) is 43.8. The normalized spacial score (nSPS) is 13.1. The van der Waals surface area contributed by atoms with Crippen molar-refractivity contribution in [1.82, 2.24) is 18.9 Å². The molecule has 0 radical (unpaired) electrons. The molecule has 65 heavy (non-hydrogen) atoms. The van der Waals surface area contributed by atoms with Crippen LogP contribution in [0.5, 0.6) is 0 Å². The lowest BCUT2D eigenvalue weighted by Gasteiger charge is -2.29. The highest BCUT2D eigenvalue weighted by Crippen LogP contribution is 2.58. The van der Waals surface area contributed by atoms with Crippen molar-refractivity contribution in [1.29, 1.82) is 0 Å². The maximum Gasteiger partial charge on any atom is 0.336 e. The molecule has 13 nitrogen and oxygen atoms in total. The van der Waals surface area contributed by atoms with E-state index in [1.165, 1.54) is 28.7 Å². The van der Waals surface area contributed by atoms with Gasteiger partial charge in [-0.1, -0.05) is 24.3 Å². The average Bonchev–Trinajstić information content (AvgIpc) is 3.88. The molecule has 14 aromatic rings. The monoisotopic (exact) mass is 846 g/mol. The van der Waals surface area contributed by atoms with Crippen molar-refractivity contribution in [3.05, 3.63) is 135 Å². The number of benzene rings is 11. The summed E-state index contributed by atoms with van der Waals surface area (Å²) in [6.07, 6.45) is 0. The summed E-state index contributed by atoms with van der Waals surface area (Å²) in [4.78, 5) is 79.2. The first kappa shape index (κ1) is 34.4. The fourth-order valence-electron chi connectivity index (χ4n) is 12.0. The van der Waals surface area contributed by atoms with Crippen LogP contribution in [0.1, 0.15) is 47.0 Å². The molecule has 15 rings (SSSR count). The Morgan fingerprint density at radius 3 is 1.46 bits per heavy atom. The van der Waals surface area contributed by atoms with Crippen molar-refractivity contribution >= 4 is 149 Å². The van der Waals surface area contributed by atoms with Gasteiger partial charge in [0.15, 0.2) is 0 Å². The Bertz CT molecular complexity index is 4750. The third-order valence-electron chi connectivity index (χ3n) is 14.3. The minimum absolute atomic E-state index is 0.131. The standard InChI is InChI=1S/C52H22N4O9/c57-48-29-16-26-38-22(52(64)65)10-9-19(49(58)59)35(38)23-13-18-17-55-32-7-3-1-5-30(32)53-46(55)27-14-24-36-20(50(60)61)11-12-21(51(62)63)37(36)25-15-28(47-54-31-6-2-4-8-33(31)56(47)48)39(29)45-42(25)41(24)44(34(18)27)40(23)43(26)45/h1-16H,17H2,(H,58,59)(H,60,61)(H,62,63)(H,64,65). The summed E-state index contributed by atoms with van der Waals surface area (Å²) in [5.74, 6) is -4.53. The maximum atomic E-state index is 15.2. The van der Waals surface area contributed by atoms with E-state index in [1.54, 1.807) is 30.3 Å². The van der Waals surface area contributed by atoms with E-state index >= 15 is 4.79 Å². The molecule has 3 aromatic heterocycles. The lowest BCUT2D eigenvalue weighted by molar-refractivity contribution is 0.0684. The summed E-state index contributed by atoms with van der Waals surface area (Å²) >= 11 is 0. The molecule has 4 N–H and O–H groups in total. The summed E-state index contributed by atoms with van der Waals surface area (Å²) in [6, 6.07) is 27.3. The number of pyridine rings is 1. The molecule has 304 valence electrons. The average molecular weight is 847 g/mol. The Labute approximate surface area is 359 Å². The SMILES string of the molecule is O=C(O)c1ccc(C(=O)O)c2c3cc4c(=O)n5c6ccccc6nc5c5cc6c7c(C(=O)O)ccc(C(=O)O)c7c7cc8c9c(cc(c12)c1c9c7c6c(c45)c31)Cn1c-8nc2ccccc21. The van der Waals surface area contributed by atoms with E-state index in [1.807, 2.05) is 42.5 Å². The Balaban J connectivity index is 1.38. The van der Waals surface area contributed by atoms with E-state index in [2.05, 4.69) is 4.57 Å². The second-order valence-corrected chi connectivity index (χ2v) is 17.1. The summed E-state index contributed by atoms with van der Waals surface area (Å²) in [6.45, 7) is 0.312. The van der Waals surface area contributed by atoms with Crippen LogP contribution < -0.4 is 5.56 Å². The van der Waals surface area contributed by atoms with Gasteiger partial charge in [-0.05, 0) is 132 Å². The minimum atomic E-state index is -1.30. The quantitative estimate of drug-likeness (QED) is 0.0970. The van der Waals surface area contributed by atoms with Crippen LogP contribution >= 0.6 is 0 Å². The van der Waals surface area contributed by atoms with Gasteiger partial charge in [-0.15, -0.1) is 0 Å². The van der Waals surface area contributed by atoms with Gasteiger partial charge >= 0.3 is 23.9 Å². The van der Waals surface area contributed by atoms with Crippen molar-refractivity contribution in [2.24, 2.45) is 0 Å². The molecular weight excluding hydrogens is 825 g/mol. The first-order chi connectivity index (χ1) is 31.5. The number of hydrogen-bond acceptors (Lipinski definition) is 7. The van der Waals surface area contributed by atoms with E-state index in [9.17, 15) is 39.6 Å². The largest absolute Gasteiger partial charge is 0.478 e. The summed E-state index contributed by atoms with van der Waals surface area (Å²) < 4.78 is 3.54. The number of para-hydroxylation sites is 4. The highest BCUT2D eigenvalue weighted by molar-refractivity contribution is 6.55. The predicted octanol–water partition coefficient (Wildman–Crippen LogP) is 10.1. The molecule has 4 heterocycles. The molecule has 0 atom stereocenters. The first-order valence-electron chi connectivity index (χ1n) is 20.6. The molecule has 0 amide bonds. The lowest BCUT2D eigenvalue weighted by atomic mass is 9.75. The summed E-state index contributed by atoms with van der Waals surface area (Å²) in [5, 5.41) is 51.7. The van der Waals surface area contributed by atoms with Crippen LogP contribution in [0.15, 0.2) is 102 Å². The number of carboxylic acid groups (broad SMARTS) is 4. The molecule has 0 saturated heterocycles. The molecule has 0 bridgehead atoms. The zero-order valence-electron chi connectivity index (χ0n) is 33.1. The van der Waals surface area contributed by atoms with Gasteiger partial charge in [0.05, 0.1) is 50.9 Å². The minimum Gasteiger partial charge on any atom is -0.478 e. The van der Waals surface area contributed by atoms with E-state index in [4.69, 9.17) is 9.97 Å². The van der Waals surface area contributed by atoms with Gasteiger partial charge in [0.2, 0.25) is 0 Å². The molecule has 0 fully saturated rings. The molecule has 11 aromatic carbocycles. The molecule has 0 aliphatic carbocycles. The molecule has 13 heteroatoms. The highest BCUT2D eigenvalue weighted by atomic mass is 16.4. The number of hydrogen-bond donors (Lipinski definition) is 4. The van der Waals surface area contributed by atoms with Crippen LogP contribution in [0.2, 0.25) is 0 Å². The summed E-state index contributed by atoms with van der Waals surface area (Å²) in [7, 11) is 0. The smallest absolute Gasteiger partial charge is 0.336 e. The van der Waals surface area contributed by atoms with Crippen molar-refractivity contribution in [3.63, 3.8) is 0 Å². The van der Waals surface area contributed by atoms with Crippen molar-refractivity contribution in [3.8, 4) is 11.4 Å². The number of nitrogens with zero attached hydrogens (tertiary/aromatic N) is 4. The Morgan fingerprint density at radius 1 is 0.446 bits per heavy atom. The van der Waals surface area contributed by atoms with Gasteiger partial charge < -0.3 is 25.0 Å². The fraction of sp³-hybridized carbons (Fsp3) is 0.0192. The van der Waals surface area contributed by atoms with Gasteiger partial charge in [-0.3, -0.25) is 9.20 Å². The van der Waals surface area contributed by atoms with Crippen molar-refractivity contribution < 1.29 is 39.6 Å². The van der Waals surface area contributed by atoms with Crippen LogP contribution in [0.25, 0.3) is 136 Å². The second-order valence-electron chi connectivity index (χ2n) is 17.1. The predicted molar refractivity (Wildman–Crippen MR) is 247 cm³/mol. The maximum absolute atomic E-state index is 15.2. The molecule has 0 spiro atoms. The van der Waals surface area contributed by atoms with Gasteiger partial charge in [0, 0.05) is 48.7 Å². The van der Waals surface area contributed by atoms with Gasteiger partial charge in [0.1, 0.15) is 11.5 Å². The fourth-order valence-corrected chi connectivity index (χ4v) is 12.0. The molecule has 1 aliphatic heterocycles. The summed E-state index contributed by atoms with van der Waals surface area (Å²) in [5.41, 5.74) is 3.32. The lowest BCUT2D eigenvalue weighted by Crippen LogP contribution is -2.15. The van der Waals surface area contributed by atoms with Gasteiger partial charge in [0.25, 0.3) is 5.56 Å². The number of aromatic nitrogens is 4. The zero-order valence-corrected chi connectivity index (χ0v) is 33.1.